The molecule has 0 bridgehead atoms. The Hall–Kier alpha value is -0.960. The maximum atomic E-state index is 12.6. The molecule has 1 saturated heterocycles. The van der Waals surface area contributed by atoms with Gasteiger partial charge in [0.05, 0.1) is 15.8 Å². The predicted molar refractivity (Wildman–Crippen MR) is 79.8 cm³/mol. The van der Waals surface area contributed by atoms with Crippen LogP contribution in [0.15, 0.2) is 29.2 Å². The van der Waals surface area contributed by atoms with Crippen molar-refractivity contribution in [3.05, 3.63) is 29.8 Å². The second-order valence-corrected chi connectivity index (χ2v) is 8.13. The third kappa shape index (κ3) is 3.28. The molecule has 0 radical (unpaired) electrons. The Morgan fingerprint density at radius 2 is 1.90 bits per heavy atom. The molecule has 3 atom stereocenters. The Morgan fingerprint density at radius 3 is 2.43 bits per heavy atom. The third-order valence-corrected chi connectivity index (χ3v) is 6.29. The summed E-state index contributed by atoms with van der Waals surface area (Å²) < 4.78 is 26.2. The summed E-state index contributed by atoms with van der Waals surface area (Å²) in [6.07, 6.45) is -1.04. The number of sulfonamides is 1. The Kier molecular flexibility index (Phi) is 4.72. The Labute approximate surface area is 131 Å². The van der Waals surface area contributed by atoms with Crippen molar-refractivity contribution in [1.82, 2.24) is 4.31 Å². The van der Waals surface area contributed by atoms with Crippen LogP contribution in [0.3, 0.4) is 0 Å². The lowest BCUT2D eigenvalue weighted by molar-refractivity contribution is -0.143. The summed E-state index contributed by atoms with van der Waals surface area (Å²) in [5, 5.41) is 19.0. The van der Waals surface area contributed by atoms with E-state index in [9.17, 15) is 23.4 Å². The number of aliphatic hydroxyl groups is 1. The molecule has 2 rings (SSSR count). The van der Waals surface area contributed by atoms with E-state index < -0.39 is 33.0 Å². The van der Waals surface area contributed by atoms with Crippen molar-refractivity contribution < 1.29 is 23.4 Å². The number of hydrogen-bond acceptors (Lipinski definition) is 4. The van der Waals surface area contributed by atoms with Gasteiger partial charge >= 0.3 is 5.97 Å². The molecular weight excluding hydrogens is 362 g/mol. The van der Waals surface area contributed by atoms with Gasteiger partial charge in [-0.15, -0.1) is 0 Å². The van der Waals surface area contributed by atoms with Crippen LogP contribution in [0.5, 0.6) is 0 Å². The second kappa shape index (κ2) is 6.04. The summed E-state index contributed by atoms with van der Waals surface area (Å²) in [5.41, 5.74) is 0.913. The summed E-state index contributed by atoms with van der Waals surface area (Å²) in [6.45, 7) is 1.75. The number of carboxylic acid groups (broad SMARTS) is 1. The predicted octanol–water partition coefficient (Wildman–Crippen LogP) is 0.967. The summed E-state index contributed by atoms with van der Waals surface area (Å²) in [7, 11) is -3.92. The highest BCUT2D eigenvalue weighted by molar-refractivity contribution is 9.09. The number of halogens is 1. The number of piperidine rings is 1. The van der Waals surface area contributed by atoms with Crippen LogP contribution < -0.4 is 0 Å². The van der Waals surface area contributed by atoms with Crippen molar-refractivity contribution in [2.45, 2.75) is 35.2 Å². The van der Waals surface area contributed by atoms with Gasteiger partial charge in [0.15, 0.2) is 0 Å². The van der Waals surface area contributed by atoms with Gasteiger partial charge in [-0.05, 0) is 19.1 Å². The molecule has 1 aliphatic heterocycles. The zero-order chi connectivity index (χ0) is 15.8. The van der Waals surface area contributed by atoms with Gasteiger partial charge in [0.2, 0.25) is 10.0 Å². The first-order chi connectivity index (χ1) is 9.73. The average Bonchev–Trinajstić information content (AvgIpc) is 2.41. The topological polar surface area (TPSA) is 94.9 Å². The molecular formula is C13H16BrNO5S. The van der Waals surface area contributed by atoms with E-state index in [-0.39, 0.29) is 17.9 Å². The van der Waals surface area contributed by atoms with E-state index in [4.69, 9.17) is 0 Å². The molecule has 2 N–H and O–H groups in total. The minimum absolute atomic E-state index is 0.0513. The molecule has 1 aliphatic rings. The van der Waals surface area contributed by atoms with E-state index in [1.165, 1.54) is 12.1 Å². The van der Waals surface area contributed by atoms with Crippen LogP contribution >= 0.6 is 15.9 Å². The molecule has 1 aromatic carbocycles. The van der Waals surface area contributed by atoms with Gasteiger partial charge in [-0.25, -0.2) is 8.42 Å². The van der Waals surface area contributed by atoms with Crippen molar-refractivity contribution in [1.29, 1.82) is 0 Å². The van der Waals surface area contributed by atoms with Gasteiger partial charge in [0, 0.05) is 13.0 Å². The average molecular weight is 378 g/mol. The first-order valence-corrected chi connectivity index (χ1v) is 8.72. The molecule has 0 aliphatic carbocycles. The lowest BCUT2D eigenvalue weighted by Gasteiger charge is -2.37. The van der Waals surface area contributed by atoms with Gasteiger partial charge in [-0.2, -0.15) is 4.31 Å². The molecule has 1 aromatic rings. The van der Waals surface area contributed by atoms with Crippen LogP contribution in [0.25, 0.3) is 0 Å². The van der Waals surface area contributed by atoms with E-state index in [1.807, 2.05) is 6.92 Å². The van der Waals surface area contributed by atoms with Crippen LogP contribution in [0.1, 0.15) is 12.0 Å². The van der Waals surface area contributed by atoms with E-state index in [0.29, 0.717) is 0 Å². The number of carboxylic acids is 1. The van der Waals surface area contributed by atoms with Gasteiger partial charge in [0.25, 0.3) is 0 Å². The van der Waals surface area contributed by atoms with Gasteiger partial charge < -0.3 is 10.2 Å². The summed E-state index contributed by atoms with van der Waals surface area (Å²) in [5.74, 6) is -1.26. The Bertz CT molecular complexity index is 630. The number of nitrogens with zero attached hydrogens (tertiary/aromatic N) is 1. The maximum absolute atomic E-state index is 12.6. The van der Waals surface area contributed by atoms with Crippen molar-refractivity contribution in [3.8, 4) is 0 Å². The molecule has 1 fully saturated rings. The lowest BCUT2D eigenvalue weighted by Crippen LogP contribution is -2.55. The molecule has 116 valence electrons. The molecule has 0 spiro atoms. The number of carbonyl (C=O) groups is 1. The van der Waals surface area contributed by atoms with E-state index in [1.54, 1.807) is 12.1 Å². The van der Waals surface area contributed by atoms with Gasteiger partial charge in [-0.3, -0.25) is 4.79 Å². The van der Waals surface area contributed by atoms with Gasteiger partial charge in [0.1, 0.15) is 6.04 Å². The molecule has 8 heteroatoms. The van der Waals surface area contributed by atoms with Crippen molar-refractivity contribution in [3.63, 3.8) is 0 Å². The number of aliphatic carboxylic acids is 1. The van der Waals surface area contributed by atoms with Crippen LogP contribution in [0.4, 0.5) is 0 Å². The highest BCUT2D eigenvalue weighted by Gasteiger charge is 2.43. The molecule has 1 heterocycles. The number of benzene rings is 1. The molecule has 21 heavy (non-hydrogen) atoms. The number of rotatable bonds is 3. The van der Waals surface area contributed by atoms with E-state index in [0.717, 1.165) is 9.87 Å². The smallest absolute Gasteiger partial charge is 0.322 e. The minimum Gasteiger partial charge on any atom is -0.480 e. The molecule has 0 saturated carbocycles. The normalized spacial score (nSPS) is 27.5. The highest BCUT2D eigenvalue weighted by atomic mass is 79.9. The van der Waals surface area contributed by atoms with Crippen molar-refractivity contribution >= 4 is 31.9 Å². The Morgan fingerprint density at radius 1 is 1.33 bits per heavy atom. The molecule has 6 nitrogen and oxygen atoms in total. The SMILES string of the molecule is Cc1ccc(S(=O)(=O)N2CC(Br)C(O)CC2C(=O)O)cc1. The minimum atomic E-state index is -3.92. The fourth-order valence-electron chi connectivity index (χ4n) is 2.25. The standard InChI is InChI=1S/C13H16BrNO5S/c1-8-2-4-9(5-3-8)21(19,20)15-7-10(14)12(16)6-11(15)13(17)18/h2-5,10-12,16H,6-7H2,1H3,(H,17,18). The summed E-state index contributed by atoms with van der Waals surface area (Å²) >= 11 is 3.20. The van der Waals surface area contributed by atoms with Crippen LogP contribution in [0, 0.1) is 6.92 Å². The van der Waals surface area contributed by atoms with Gasteiger partial charge in [-0.1, -0.05) is 33.6 Å². The summed E-state index contributed by atoms with van der Waals surface area (Å²) in [4.78, 5) is 10.9. The molecule has 0 amide bonds. The highest BCUT2D eigenvalue weighted by Crippen LogP contribution is 2.29. The van der Waals surface area contributed by atoms with E-state index >= 15 is 0 Å². The third-order valence-electron chi connectivity index (χ3n) is 3.50. The monoisotopic (exact) mass is 377 g/mol. The zero-order valence-corrected chi connectivity index (χ0v) is 13.7. The molecule has 3 unspecified atom stereocenters. The second-order valence-electron chi connectivity index (χ2n) is 5.06. The number of alkyl halides is 1. The fourth-order valence-corrected chi connectivity index (χ4v) is 4.59. The van der Waals surface area contributed by atoms with Crippen LogP contribution in [0.2, 0.25) is 0 Å². The molecule has 0 aromatic heterocycles. The van der Waals surface area contributed by atoms with Crippen LogP contribution in [-0.2, 0) is 14.8 Å². The summed E-state index contributed by atoms with van der Waals surface area (Å²) in [6, 6.07) is 4.97. The number of aryl methyl sites for hydroxylation is 1. The largest absolute Gasteiger partial charge is 0.480 e. The maximum Gasteiger partial charge on any atom is 0.322 e. The number of aliphatic hydroxyl groups excluding tert-OH is 1. The first kappa shape index (κ1) is 16.4. The van der Waals surface area contributed by atoms with Crippen molar-refractivity contribution in [2.75, 3.05) is 6.54 Å². The first-order valence-electron chi connectivity index (χ1n) is 6.37. The lowest BCUT2D eigenvalue weighted by atomic mass is 10.0. The number of hydrogen-bond donors (Lipinski definition) is 2. The quantitative estimate of drug-likeness (QED) is 0.765. The van der Waals surface area contributed by atoms with E-state index in [2.05, 4.69) is 15.9 Å². The van der Waals surface area contributed by atoms with Crippen molar-refractivity contribution in [2.24, 2.45) is 0 Å². The Balaban J connectivity index is 2.40. The zero-order valence-electron chi connectivity index (χ0n) is 11.3. The van der Waals surface area contributed by atoms with Crippen LogP contribution in [-0.4, -0.2) is 52.4 Å². The fraction of sp³-hybridized carbons (Fsp3) is 0.462.